The molecule has 5 heteroatoms. The molecule has 0 radical (unpaired) electrons. The topological polar surface area (TPSA) is 49.6 Å². The molecule has 0 aliphatic carbocycles. The van der Waals surface area contributed by atoms with Crippen molar-refractivity contribution in [1.82, 2.24) is 9.80 Å². The Morgan fingerprint density at radius 3 is 2.29 bits per heavy atom. The van der Waals surface area contributed by atoms with Gasteiger partial charge < -0.3 is 10.6 Å². The number of thiocarbonyl (C=S) groups is 1. The Hall–Kier alpha value is -0.680. The smallest absolute Gasteiger partial charge is 0.236 e. The van der Waals surface area contributed by atoms with Crippen molar-refractivity contribution in [3.05, 3.63) is 0 Å². The minimum Gasteiger partial charge on any atom is -0.393 e. The van der Waals surface area contributed by atoms with E-state index >= 15 is 0 Å². The normalized spacial score (nSPS) is 10.6. The van der Waals surface area contributed by atoms with E-state index in [1.807, 2.05) is 25.8 Å². The van der Waals surface area contributed by atoms with Crippen LogP contribution in [0.5, 0.6) is 0 Å². The highest BCUT2D eigenvalue weighted by molar-refractivity contribution is 7.80. The molecule has 0 aromatic heterocycles. The number of carbonyl (C=O) groups excluding carboxylic acids is 1. The van der Waals surface area contributed by atoms with Crippen LogP contribution in [-0.2, 0) is 4.79 Å². The fourth-order valence-corrected chi connectivity index (χ4v) is 1.81. The number of unbranched alkanes of at least 4 members (excludes halogenated alkanes) is 1. The van der Waals surface area contributed by atoms with Gasteiger partial charge in [0.25, 0.3) is 0 Å². The monoisotopic (exact) mass is 259 g/mol. The number of amides is 1. The number of carbonyl (C=O) groups is 1. The zero-order chi connectivity index (χ0) is 13.3. The second-order valence-corrected chi connectivity index (χ2v) is 4.75. The van der Waals surface area contributed by atoms with E-state index in [0.29, 0.717) is 11.5 Å². The molecule has 0 fully saturated rings. The van der Waals surface area contributed by atoms with Crippen molar-refractivity contribution >= 4 is 23.1 Å². The number of likely N-dealkylation sites (N-methyl/N-ethyl adjacent to an activating group) is 2. The Morgan fingerprint density at radius 1 is 1.24 bits per heavy atom. The van der Waals surface area contributed by atoms with Gasteiger partial charge in [0.2, 0.25) is 5.91 Å². The summed E-state index contributed by atoms with van der Waals surface area (Å²) in [6, 6.07) is 0. The molecular formula is C12H25N3OS. The molecule has 0 aliphatic heterocycles. The Labute approximate surface area is 110 Å². The first kappa shape index (κ1) is 16.3. The summed E-state index contributed by atoms with van der Waals surface area (Å²) < 4.78 is 0. The molecule has 0 rings (SSSR count). The predicted molar refractivity (Wildman–Crippen MR) is 76.1 cm³/mol. The number of rotatable bonds is 9. The largest absolute Gasteiger partial charge is 0.393 e. The lowest BCUT2D eigenvalue weighted by Gasteiger charge is -2.22. The third-order valence-corrected chi connectivity index (χ3v) is 2.94. The third kappa shape index (κ3) is 8.10. The fraction of sp³-hybridized carbons (Fsp3) is 0.833. The number of hydrogen-bond donors (Lipinski definition) is 1. The van der Waals surface area contributed by atoms with Crippen molar-refractivity contribution in [3.63, 3.8) is 0 Å². The van der Waals surface area contributed by atoms with Gasteiger partial charge in [-0.2, -0.15) is 0 Å². The number of hydrogen-bond acceptors (Lipinski definition) is 3. The van der Waals surface area contributed by atoms with Gasteiger partial charge in [0.05, 0.1) is 11.5 Å². The van der Waals surface area contributed by atoms with Crippen LogP contribution in [-0.4, -0.2) is 53.9 Å². The van der Waals surface area contributed by atoms with Gasteiger partial charge in [0.1, 0.15) is 0 Å². The van der Waals surface area contributed by atoms with Crippen LogP contribution in [0, 0.1) is 0 Å². The standard InChI is InChI=1S/C12H25N3OS/c1-4-15(5-2)12(16)10-14(3)9-7-6-8-11(13)17/h4-10H2,1-3H3,(H2,13,17). The van der Waals surface area contributed by atoms with E-state index in [9.17, 15) is 4.79 Å². The molecule has 1 amide bonds. The van der Waals surface area contributed by atoms with Gasteiger partial charge in [-0.05, 0) is 46.7 Å². The third-order valence-electron chi connectivity index (χ3n) is 2.73. The quantitative estimate of drug-likeness (QED) is 0.500. The lowest BCUT2D eigenvalue weighted by molar-refractivity contribution is -0.131. The molecule has 17 heavy (non-hydrogen) atoms. The van der Waals surface area contributed by atoms with Crippen LogP contribution in [0.15, 0.2) is 0 Å². The van der Waals surface area contributed by atoms with Crippen molar-refractivity contribution in [1.29, 1.82) is 0 Å². The molecule has 0 saturated heterocycles. The van der Waals surface area contributed by atoms with Crippen LogP contribution in [0.25, 0.3) is 0 Å². The Balaban J connectivity index is 3.74. The maximum Gasteiger partial charge on any atom is 0.236 e. The second-order valence-electron chi connectivity index (χ2n) is 4.23. The average Bonchev–Trinajstić information content (AvgIpc) is 2.25. The van der Waals surface area contributed by atoms with E-state index < -0.39 is 0 Å². The van der Waals surface area contributed by atoms with Crippen molar-refractivity contribution in [3.8, 4) is 0 Å². The first-order valence-electron chi connectivity index (χ1n) is 6.25. The molecule has 0 spiro atoms. The maximum absolute atomic E-state index is 11.8. The van der Waals surface area contributed by atoms with Crippen LogP contribution in [0.4, 0.5) is 0 Å². The Bertz CT molecular complexity index is 242. The van der Waals surface area contributed by atoms with E-state index in [-0.39, 0.29) is 5.91 Å². The summed E-state index contributed by atoms with van der Waals surface area (Å²) in [5, 5.41) is 0. The van der Waals surface area contributed by atoms with Crippen LogP contribution in [0.2, 0.25) is 0 Å². The molecule has 4 nitrogen and oxygen atoms in total. The number of nitrogens with zero attached hydrogens (tertiary/aromatic N) is 2. The second kappa shape index (κ2) is 9.36. The molecule has 0 bridgehead atoms. The molecule has 2 N–H and O–H groups in total. The average molecular weight is 259 g/mol. The Morgan fingerprint density at radius 2 is 1.82 bits per heavy atom. The van der Waals surface area contributed by atoms with Gasteiger partial charge >= 0.3 is 0 Å². The maximum atomic E-state index is 11.8. The van der Waals surface area contributed by atoms with E-state index in [2.05, 4.69) is 4.90 Å². The van der Waals surface area contributed by atoms with E-state index in [1.54, 1.807) is 0 Å². The van der Waals surface area contributed by atoms with E-state index in [0.717, 1.165) is 38.9 Å². The van der Waals surface area contributed by atoms with Crippen LogP contribution in [0.3, 0.4) is 0 Å². The molecule has 0 atom stereocenters. The van der Waals surface area contributed by atoms with Gasteiger partial charge in [-0.1, -0.05) is 12.2 Å². The first-order valence-corrected chi connectivity index (χ1v) is 6.66. The summed E-state index contributed by atoms with van der Waals surface area (Å²) in [4.78, 5) is 16.3. The van der Waals surface area contributed by atoms with Gasteiger partial charge in [-0.15, -0.1) is 0 Å². The summed E-state index contributed by atoms with van der Waals surface area (Å²) in [6.07, 6.45) is 2.83. The van der Waals surface area contributed by atoms with Gasteiger partial charge in [0, 0.05) is 13.1 Å². The minimum atomic E-state index is 0.201. The lowest BCUT2D eigenvalue weighted by Crippen LogP contribution is -2.39. The predicted octanol–water partition coefficient (Wildman–Crippen LogP) is 1.24. The van der Waals surface area contributed by atoms with Crippen LogP contribution < -0.4 is 5.73 Å². The highest BCUT2D eigenvalue weighted by Gasteiger charge is 2.11. The highest BCUT2D eigenvalue weighted by atomic mass is 32.1. The molecule has 0 aromatic rings. The van der Waals surface area contributed by atoms with Gasteiger partial charge in [-0.3, -0.25) is 9.69 Å². The lowest BCUT2D eigenvalue weighted by atomic mass is 10.2. The molecule has 0 aliphatic rings. The van der Waals surface area contributed by atoms with Gasteiger partial charge in [-0.25, -0.2) is 0 Å². The molecule has 100 valence electrons. The van der Waals surface area contributed by atoms with Crippen LogP contribution >= 0.6 is 12.2 Å². The van der Waals surface area contributed by atoms with Crippen molar-refractivity contribution < 1.29 is 4.79 Å². The Kier molecular flexibility index (Phi) is 8.99. The summed E-state index contributed by atoms with van der Waals surface area (Å²) in [5.74, 6) is 0.201. The van der Waals surface area contributed by atoms with Crippen molar-refractivity contribution in [2.75, 3.05) is 33.2 Å². The van der Waals surface area contributed by atoms with Gasteiger partial charge in [0.15, 0.2) is 0 Å². The summed E-state index contributed by atoms with van der Waals surface area (Å²) >= 11 is 4.81. The van der Waals surface area contributed by atoms with E-state index in [1.165, 1.54) is 0 Å². The zero-order valence-electron chi connectivity index (χ0n) is 11.2. The van der Waals surface area contributed by atoms with Crippen LogP contribution in [0.1, 0.15) is 33.1 Å². The molecule has 0 saturated carbocycles. The fourth-order valence-electron chi connectivity index (χ4n) is 1.67. The SMILES string of the molecule is CCN(CC)C(=O)CN(C)CCCCC(N)=S. The summed E-state index contributed by atoms with van der Waals surface area (Å²) in [7, 11) is 1.97. The summed E-state index contributed by atoms with van der Waals surface area (Å²) in [5.41, 5.74) is 5.42. The molecule has 0 heterocycles. The zero-order valence-corrected chi connectivity index (χ0v) is 12.1. The highest BCUT2D eigenvalue weighted by Crippen LogP contribution is 1.99. The van der Waals surface area contributed by atoms with E-state index in [4.69, 9.17) is 18.0 Å². The first-order chi connectivity index (χ1) is 8.01. The van der Waals surface area contributed by atoms with Crippen molar-refractivity contribution in [2.45, 2.75) is 33.1 Å². The minimum absolute atomic E-state index is 0.201. The summed E-state index contributed by atoms with van der Waals surface area (Å²) in [6.45, 7) is 6.98. The molecule has 0 aromatic carbocycles. The number of nitrogens with two attached hydrogens (primary N) is 1. The van der Waals surface area contributed by atoms with Crippen molar-refractivity contribution in [2.24, 2.45) is 5.73 Å². The molecule has 0 unspecified atom stereocenters. The molecular weight excluding hydrogens is 234 g/mol.